The Hall–Kier alpha value is -2.57. The summed E-state index contributed by atoms with van der Waals surface area (Å²) in [5, 5.41) is 28.9. The molecule has 0 unspecified atom stereocenters. The molecule has 0 heterocycles. The molecular weight excluding hydrogens is 222 g/mol. The first-order valence-corrected chi connectivity index (χ1v) is 4.70. The Kier molecular flexibility index (Phi) is 4.04. The summed E-state index contributed by atoms with van der Waals surface area (Å²) >= 11 is 0. The van der Waals surface area contributed by atoms with Crippen LogP contribution in [0.15, 0.2) is 12.1 Å². The molecule has 17 heavy (non-hydrogen) atoms. The van der Waals surface area contributed by atoms with Gasteiger partial charge in [-0.15, -0.1) is 0 Å². The van der Waals surface area contributed by atoms with Crippen LogP contribution >= 0.6 is 0 Å². The predicted octanol–water partition coefficient (Wildman–Crippen LogP) is 0.872. The van der Waals surface area contributed by atoms with Crippen molar-refractivity contribution in [2.45, 2.75) is 6.42 Å². The van der Waals surface area contributed by atoms with E-state index in [1.165, 1.54) is 6.07 Å². The fraction of sp³-hybridized carbons (Fsp3) is 0.182. The maximum absolute atomic E-state index is 10.6. The summed E-state index contributed by atoms with van der Waals surface area (Å²) in [5.74, 6) is 4.66. The van der Waals surface area contributed by atoms with Crippen LogP contribution in [0.4, 0.5) is 5.69 Å². The number of nitrogens with two attached hydrogens (primary N) is 1. The highest BCUT2D eigenvalue weighted by Gasteiger charge is 2.18. The average molecular weight is 231 g/mol. The van der Waals surface area contributed by atoms with Crippen molar-refractivity contribution in [1.82, 2.24) is 0 Å². The van der Waals surface area contributed by atoms with Crippen LogP contribution in [-0.4, -0.2) is 16.6 Å². The molecular formula is C11H9N3O3. The number of phenols is 1. The zero-order chi connectivity index (χ0) is 12.8. The predicted molar refractivity (Wildman–Crippen MR) is 60.0 cm³/mol. The molecule has 3 N–H and O–H groups in total. The number of hydrogen-bond acceptors (Lipinski definition) is 5. The van der Waals surface area contributed by atoms with E-state index in [1.807, 2.05) is 0 Å². The quantitative estimate of drug-likeness (QED) is 0.445. The maximum Gasteiger partial charge on any atom is 0.313 e. The van der Waals surface area contributed by atoms with Crippen LogP contribution in [-0.2, 0) is 0 Å². The molecule has 0 radical (unpaired) electrons. The molecule has 0 saturated carbocycles. The molecule has 1 aromatic rings. The molecule has 6 heteroatoms. The molecule has 0 fully saturated rings. The van der Waals surface area contributed by atoms with Crippen molar-refractivity contribution in [3.05, 3.63) is 33.4 Å². The highest BCUT2D eigenvalue weighted by Crippen LogP contribution is 2.30. The second-order valence-corrected chi connectivity index (χ2v) is 3.10. The maximum atomic E-state index is 10.6. The van der Waals surface area contributed by atoms with Crippen LogP contribution in [0, 0.1) is 33.3 Å². The SMILES string of the molecule is N#Cc1cc(C#CCCN)c(O)c([N+](=O)[O-])c1. The zero-order valence-electron chi connectivity index (χ0n) is 8.80. The van der Waals surface area contributed by atoms with Gasteiger partial charge in [-0.25, -0.2) is 0 Å². The molecule has 0 aliphatic carbocycles. The van der Waals surface area contributed by atoms with Gasteiger partial charge >= 0.3 is 5.69 Å². The first kappa shape index (κ1) is 12.5. The second kappa shape index (κ2) is 5.50. The van der Waals surface area contributed by atoms with Crippen molar-refractivity contribution >= 4 is 5.69 Å². The highest BCUT2D eigenvalue weighted by molar-refractivity contribution is 5.61. The normalized spacial score (nSPS) is 8.94. The van der Waals surface area contributed by atoms with Gasteiger partial charge < -0.3 is 10.8 Å². The van der Waals surface area contributed by atoms with Gasteiger partial charge in [0.1, 0.15) is 0 Å². The molecule has 1 aromatic carbocycles. The number of aromatic hydroxyl groups is 1. The lowest BCUT2D eigenvalue weighted by Crippen LogP contribution is -1.96. The molecule has 0 saturated heterocycles. The summed E-state index contributed by atoms with van der Waals surface area (Å²) in [6.45, 7) is 0.355. The fourth-order valence-electron chi connectivity index (χ4n) is 1.15. The van der Waals surface area contributed by atoms with Gasteiger partial charge in [0, 0.05) is 19.0 Å². The molecule has 6 nitrogen and oxygen atoms in total. The molecule has 0 aromatic heterocycles. The van der Waals surface area contributed by atoms with E-state index in [1.54, 1.807) is 6.07 Å². The number of nitrogens with zero attached hydrogens (tertiary/aromatic N) is 2. The number of phenolic OH excluding ortho intramolecular Hbond substituents is 1. The standard InChI is InChI=1S/C11H9N3O3/c12-4-2-1-3-9-5-8(7-13)6-10(11(9)15)14(16)17/h5-6,15H,2,4,12H2. The molecule has 0 bridgehead atoms. The third kappa shape index (κ3) is 2.94. The van der Waals surface area contributed by atoms with Gasteiger partial charge in [0.15, 0.2) is 0 Å². The van der Waals surface area contributed by atoms with E-state index < -0.39 is 16.4 Å². The highest BCUT2D eigenvalue weighted by atomic mass is 16.6. The Morgan fingerprint density at radius 1 is 1.53 bits per heavy atom. The Morgan fingerprint density at radius 2 is 2.24 bits per heavy atom. The van der Waals surface area contributed by atoms with Crippen LogP contribution in [0.25, 0.3) is 0 Å². The lowest BCUT2D eigenvalue weighted by atomic mass is 10.1. The van der Waals surface area contributed by atoms with Crippen molar-refractivity contribution in [1.29, 1.82) is 5.26 Å². The van der Waals surface area contributed by atoms with E-state index in [9.17, 15) is 15.2 Å². The summed E-state index contributed by atoms with van der Waals surface area (Å²) in [6.07, 6.45) is 0.407. The summed E-state index contributed by atoms with van der Waals surface area (Å²) in [6, 6.07) is 4.07. The van der Waals surface area contributed by atoms with E-state index in [0.29, 0.717) is 13.0 Å². The fourth-order valence-corrected chi connectivity index (χ4v) is 1.15. The van der Waals surface area contributed by atoms with E-state index in [4.69, 9.17) is 11.0 Å². The molecule has 86 valence electrons. The summed E-state index contributed by atoms with van der Waals surface area (Å²) in [7, 11) is 0. The van der Waals surface area contributed by atoms with Crippen LogP contribution in [0.3, 0.4) is 0 Å². The molecule has 0 atom stereocenters. The van der Waals surface area contributed by atoms with Gasteiger partial charge in [0.2, 0.25) is 5.75 Å². The molecule has 0 aliphatic rings. The van der Waals surface area contributed by atoms with E-state index in [-0.39, 0.29) is 11.1 Å². The van der Waals surface area contributed by atoms with Gasteiger partial charge in [-0.3, -0.25) is 10.1 Å². The van der Waals surface area contributed by atoms with Gasteiger partial charge in [-0.1, -0.05) is 11.8 Å². The minimum Gasteiger partial charge on any atom is -0.501 e. The molecule has 0 amide bonds. The second-order valence-electron chi connectivity index (χ2n) is 3.10. The number of hydrogen-bond donors (Lipinski definition) is 2. The smallest absolute Gasteiger partial charge is 0.313 e. The van der Waals surface area contributed by atoms with Crippen LogP contribution in [0.1, 0.15) is 17.5 Å². The largest absolute Gasteiger partial charge is 0.501 e. The summed E-state index contributed by atoms with van der Waals surface area (Å²) in [4.78, 5) is 9.88. The summed E-state index contributed by atoms with van der Waals surface area (Å²) < 4.78 is 0. The number of rotatable bonds is 2. The monoisotopic (exact) mass is 231 g/mol. The van der Waals surface area contributed by atoms with Crippen LogP contribution in [0.5, 0.6) is 5.75 Å². The van der Waals surface area contributed by atoms with E-state index in [0.717, 1.165) is 6.07 Å². The van der Waals surface area contributed by atoms with Crippen LogP contribution in [0.2, 0.25) is 0 Å². The first-order chi connectivity index (χ1) is 8.10. The number of nitriles is 1. The Labute approximate surface area is 97.4 Å². The van der Waals surface area contributed by atoms with Crippen LogP contribution < -0.4 is 5.73 Å². The summed E-state index contributed by atoms with van der Waals surface area (Å²) in [5.41, 5.74) is 4.85. The number of benzene rings is 1. The van der Waals surface area contributed by atoms with Gasteiger partial charge in [0.25, 0.3) is 0 Å². The average Bonchev–Trinajstić information content (AvgIpc) is 2.31. The minimum absolute atomic E-state index is 0.0594. The molecule has 0 spiro atoms. The number of nitro groups is 1. The van der Waals surface area contributed by atoms with Gasteiger partial charge in [-0.2, -0.15) is 5.26 Å². The van der Waals surface area contributed by atoms with Crippen molar-refractivity contribution in [2.24, 2.45) is 5.73 Å². The van der Waals surface area contributed by atoms with Gasteiger partial charge in [0.05, 0.1) is 22.1 Å². The molecule has 0 aliphatic heterocycles. The van der Waals surface area contributed by atoms with E-state index in [2.05, 4.69) is 11.8 Å². The lowest BCUT2D eigenvalue weighted by molar-refractivity contribution is -0.385. The van der Waals surface area contributed by atoms with Gasteiger partial charge in [-0.05, 0) is 6.07 Å². The Bertz CT molecular complexity index is 550. The van der Waals surface area contributed by atoms with E-state index >= 15 is 0 Å². The molecule has 1 rings (SSSR count). The first-order valence-electron chi connectivity index (χ1n) is 4.70. The zero-order valence-corrected chi connectivity index (χ0v) is 8.80. The van der Waals surface area contributed by atoms with Crippen molar-refractivity contribution in [3.63, 3.8) is 0 Å². The third-order valence-corrected chi connectivity index (χ3v) is 1.91. The number of nitro benzene ring substituents is 1. The lowest BCUT2D eigenvalue weighted by Gasteiger charge is -1.99. The topological polar surface area (TPSA) is 113 Å². The van der Waals surface area contributed by atoms with Crippen molar-refractivity contribution < 1.29 is 10.0 Å². The van der Waals surface area contributed by atoms with Crippen molar-refractivity contribution in [3.8, 4) is 23.7 Å². The Balaban J connectivity index is 3.32. The Morgan fingerprint density at radius 3 is 2.76 bits per heavy atom. The third-order valence-electron chi connectivity index (χ3n) is 1.91. The minimum atomic E-state index is -0.760. The van der Waals surface area contributed by atoms with Crippen molar-refractivity contribution in [2.75, 3.05) is 6.54 Å².